The van der Waals surface area contributed by atoms with E-state index in [0.29, 0.717) is 29.1 Å². The van der Waals surface area contributed by atoms with Gasteiger partial charge >= 0.3 is 0 Å². The van der Waals surface area contributed by atoms with E-state index < -0.39 is 0 Å². The molecule has 0 saturated heterocycles. The van der Waals surface area contributed by atoms with Gasteiger partial charge in [-0.1, -0.05) is 23.7 Å². The van der Waals surface area contributed by atoms with Crippen LogP contribution in [-0.2, 0) is 0 Å². The molecule has 5 heteroatoms. The molecule has 2 rings (SSSR count). The van der Waals surface area contributed by atoms with E-state index in [9.17, 15) is 0 Å². The Morgan fingerprint density at radius 2 is 1.94 bits per heavy atom. The largest absolute Gasteiger partial charge is 0.490 e. The van der Waals surface area contributed by atoms with Gasteiger partial charge in [-0.05, 0) is 19.1 Å². The summed E-state index contributed by atoms with van der Waals surface area (Å²) in [5, 5.41) is 0.337. The number of benzene rings is 1. The normalized spacial score (nSPS) is 10.0. The van der Waals surface area contributed by atoms with Gasteiger partial charge in [-0.3, -0.25) is 0 Å². The maximum Gasteiger partial charge on any atom is 0.223 e. The minimum atomic E-state index is 0.337. The lowest BCUT2D eigenvalue weighted by molar-refractivity contribution is 0.319. The van der Waals surface area contributed by atoms with Crippen LogP contribution < -0.4 is 9.47 Å². The second kappa shape index (κ2) is 5.50. The zero-order chi connectivity index (χ0) is 12.1. The second-order valence-corrected chi connectivity index (χ2v) is 3.55. The highest BCUT2D eigenvalue weighted by atomic mass is 35.5. The first-order chi connectivity index (χ1) is 8.29. The third-order valence-corrected chi connectivity index (χ3v) is 2.18. The molecule has 0 fully saturated rings. The molecular weight excluding hydrogens is 240 g/mol. The Kier molecular flexibility index (Phi) is 3.77. The van der Waals surface area contributed by atoms with Crippen LogP contribution in [0.25, 0.3) is 0 Å². The molecule has 0 aliphatic rings. The Bertz CT molecular complexity index is 505. The smallest absolute Gasteiger partial charge is 0.223 e. The van der Waals surface area contributed by atoms with E-state index in [4.69, 9.17) is 21.1 Å². The Labute approximate surface area is 104 Å². The van der Waals surface area contributed by atoms with Gasteiger partial charge < -0.3 is 9.47 Å². The zero-order valence-corrected chi connectivity index (χ0v) is 10.0. The Balaban J connectivity index is 2.23. The van der Waals surface area contributed by atoms with Gasteiger partial charge in [-0.2, -0.15) is 0 Å². The molecule has 1 heterocycles. The van der Waals surface area contributed by atoms with Crippen molar-refractivity contribution in [2.24, 2.45) is 0 Å². The highest BCUT2D eigenvalue weighted by molar-refractivity contribution is 6.29. The first kappa shape index (κ1) is 11.7. The monoisotopic (exact) mass is 250 g/mol. The molecule has 2 aromatic rings. The molecule has 0 unspecified atom stereocenters. The van der Waals surface area contributed by atoms with Crippen molar-refractivity contribution < 1.29 is 9.47 Å². The van der Waals surface area contributed by atoms with Crippen molar-refractivity contribution in [2.45, 2.75) is 6.92 Å². The van der Waals surface area contributed by atoms with Crippen LogP contribution in [0.1, 0.15) is 6.92 Å². The lowest BCUT2D eigenvalue weighted by Gasteiger charge is -2.10. The molecule has 0 bridgehead atoms. The average Bonchev–Trinajstić information content (AvgIpc) is 2.32. The molecule has 0 aliphatic carbocycles. The van der Waals surface area contributed by atoms with Gasteiger partial charge in [-0.15, -0.1) is 0 Å². The van der Waals surface area contributed by atoms with E-state index in [1.165, 1.54) is 6.33 Å². The molecule has 0 aliphatic heterocycles. The lowest BCUT2D eigenvalue weighted by atomic mass is 10.3. The summed E-state index contributed by atoms with van der Waals surface area (Å²) in [6.07, 6.45) is 1.35. The number of hydrogen-bond donors (Lipinski definition) is 0. The number of para-hydroxylation sites is 2. The predicted octanol–water partition coefficient (Wildman–Crippen LogP) is 3.32. The second-order valence-electron chi connectivity index (χ2n) is 3.16. The molecular formula is C12H11ClN2O2. The Morgan fingerprint density at radius 3 is 2.65 bits per heavy atom. The van der Waals surface area contributed by atoms with E-state index in [2.05, 4.69) is 9.97 Å². The maximum atomic E-state index is 5.75. The molecule has 1 aromatic carbocycles. The van der Waals surface area contributed by atoms with Gasteiger partial charge in [0.1, 0.15) is 11.5 Å². The van der Waals surface area contributed by atoms with E-state index in [1.807, 2.05) is 25.1 Å². The molecule has 4 nitrogen and oxygen atoms in total. The van der Waals surface area contributed by atoms with Gasteiger partial charge in [0, 0.05) is 6.07 Å². The third-order valence-electron chi connectivity index (χ3n) is 1.97. The van der Waals surface area contributed by atoms with Crippen molar-refractivity contribution in [3.05, 3.63) is 41.8 Å². The fourth-order valence-electron chi connectivity index (χ4n) is 1.30. The fourth-order valence-corrected chi connectivity index (χ4v) is 1.43. The van der Waals surface area contributed by atoms with E-state index >= 15 is 0 Å². The van der Waals surface area contributed by atoms with Crippen LogP contribution >= 0.6 is 11.6 Å². The molecule has 0 radical (unpaired) electrons. The molecule has 88 valence electrons. The van der Waals surface area contributed by atoms with Crippen molar-refractivity contribution in [1.82, 2.24) is 9.97 Å². The summed E-state index contributed by atoms with van der Waals surface area (Å²) >= 11 is 5.75. The number of nitrogens with zero attached hydrogens (tertiary/aromatic N) is 2. The van der Waals surface area contributed by atoms with E-state index in [-0.39, 0.29) is 0 Å². The number of rotatable bonds is 4. The van der Waals surface area contributed by atoms with Crippen LogP contribution in [-0.4, -0.2) is 16.6 Å². The standard InChI is InChI=1S/C12H11ClN2O2/c1-2-16-9-5-3-4-6-10(9)17-12-7-11(13)14-8-15-12/h3-8H,2H2,1H3. The van der Waals surface area contributed by atoms with Gasteiger partial charge in [0.25, 0.3) is 0 Å². The van der Waals surface area contributed by atoms with E-state index in [0.717, 1.165) is 0 Å². The van der Waals surface area contributed by atoms with Crippen LogP contribution in [0.2, 0.25) is 5.15 Å². The van der Waals surface area contributed by atoms with Gasteiger partial charge in [-0.25, -0.2) is 9.97 Å². The van der Waals surface area contributed by atoms with Crippen molar-refractivity contribution in [3.63, 3.8) is 0 Å². The summed E-state index contributed by atoms with van der Waals surface area (Å²) in [5.74, 6) is 1.66. The van der Waals surface area contributed by atoms with Crippen molar-refractivity contribution in [1.29, 1.82) is 0 Å². The molecule has 0 atom stereocenters. The molecule has 17 heavy (non-hydrogen) atoms. The van der Waals surface area contributed by atoms with Gasteiger partial charge in [0.2, 0.25) is 5.88 Å². The number of aromatic nitrogens is 2. The Hall–Kier alpha value is -1.81. The Morgan fingerprint density at radius 1 is 1.18 bits per heavy atom. The van der Waals surface area contributed by atoms with Gasteiger partial charge in [0.15, 0.2) is 11.5 Å². The molecule has 0 N–H and O–H groups in total. The van der Waals surface area contributed by atoms with Crippen molar-refractivity contribution >= 4 is 11.6 Å². The minimum absolute atomic E-state index is 0.337. The van der Waals surface area contributed by atoms with Crippen LogP contribution in [0.4, 0.5) is 0 Å². The summed E-state index contributed by atoms with van der Waals surface area (Å²) in [4.78, 5) is 7.75. The first-order valence-corrected chi connectivity index (χ1v) is 5.54. The minimum Gasteiger partial charge on any atom is -0.490 e. The van der Waals surface area contributed by atoms with Crippen molar-refractivity contribution in [3.8, 4) is 17.4 Å². The van der Waals surface area contributed by atoms with Crippen LogP contribution in [0.3, 0.4) is 0 Å². The average molecular weight is 251 g/mol. The predicted molar refractivity (Wildman–Crippen MR) is 64.7 cm³/mol. The quantitative estimate of drug-likeness (QED) is 0.781. The zero-order valence-electron chi connectivity index (χ0n) is 9.26. The van der Waals surface area contributed by atoms with Gasteiger partial charge in [0.05, 0.1) is 6.61 Å². The maximum absolute atomic E-state index is 5.75. The van der Waals surface area contributed by atoms with Crippen LogP contribution in [0, 0.1) is 0 Å². The molecule has 0 spiro atoms. The summed E-state index contributed by atoms with van der Waals surface area (Å²) < 4.78 is 11.0. The summed E-state index contributed by atoms with van der Waals surface area (Å²) in [6, 6.07) is 8.93. The SMILES string of the molecule is CCOc1ccccc1Oc1cc(Cl)ncn1. The molecule has 0 amide bonds. The summed E-state index contributed by atoms with van der Waals surface area (Å²) in [5.41, 5.74) is 0. The first-order valence-electron chi connectivity index (χ1n) is 5.17. The highest BCUT2D eigenvalue weighted by Crippen LogP contribution is 2.30. The highest BCUT2D eigenvalue weighted by Gasteiger charge is 2.06. The number of halogens is 1. The molecule has 1 aromatic heterocycles. The van der Waals surface area contributed by atoms with Crippen molar-refractivity contribution in [2.75, 3.05) is 6.61 Å². The van der Waals surface area contributed by atoms with Crippen LogP contribution in [0.15, 0.2) is 36.7 Å². The topological polar surface area (TPSA) is 44.2 Å². The van der Waals surface area contributed by atoms with Crippen LogP contribution in [0.5, 0.6) is 17.4 Å². The third kappa shape index (κ3) is 3.07. The fraction of sp³-hybridized carbons (Fsp3) is 0.167. The summed E-state index contributed by atoms with van der Waals surface area (Å²) in [6.45, 7) is 2.49. The molecule has 0 saturated carbocycles. The lowest BCUT2D eigenvalue weighted by Crippen LogP contribution is -1.95. The number of ether oxygens (including phenoxy) is 2. The van der Waals surface area contributed by atoms with E-state index in [1.54, 1.807) is 12.1 Å². The number of hydrogen-bond acceptors (Lipinski definition) is 4. The summed E-state index contributed by atoms with van der Waals surface area (Å²) in [7, 11) is 0.